The van der Waals surface area contributed by atoms with E-state index in [1.54, 1.807) is 0 Å². The van der Waals surface area contributed by atoms with Crippen LogP contribution >= 0.6 is 0 Å². The zero-order valence-corrected chi connectivity index (χ0v) is 16.5. The van der Waals surface area contributed by atoms with Crippen LogP contribution in [-0.4, -0.2) is 62.3 Å². The molecule has 0 bridgehead atoms. The minimum atomic E-state index is -1.20. The lowest BCUT2D eigenvalue weighted by atomic mass is 9.90. The summed E-state index contributed by atoms with van der Waals surface area (Å²) >= 11 is 0. The first-order valence-electron chi connectivity index (χ1n) is 8.28. The zero-order valence-electron chi connectivity index (χ0n) is 16.5. The summed E-state index contributed by atoms with van der Waals surface area (Å²) in [7, 11) is 4.35. The Labute approximate surface area is 170 Å². The normalized spacial score (nSPS) is 10.1. The number of rotatable bonds is 6. The molecule has 0 heterocycles. The van der Waals surface area contributed by atoms with Crippen LogP contribution in [-0.2, 0) is 14.2 Å². The molecule has 0 spiro atoms. The van der Waals surface area contributed by atoms with Crippen LogP contribution in [0.1, 0.15) is 47.0 Å². The molecule has 0 saturated carbocycles. The van der Waals surface area contributed by atoms with E-state index in [1.807, 2.05) is 0 Å². The van der Waals surface area contributed by atoms with Crippen molar-refractivity contribution in [3.8, 4) is 17.2 Å². The first-order valence-corrected chi connectivity index (χ1v) is 8.28. The molecule has 158 valence electrons. The lowest BCUT2D eigenvalue weighted by Gasteiger charge is -2.16. The van der Waals surface area contributed by atoms with Gasteiger partial charge in [0.15, 0.2) is 5.78 Å². The van der Waals surface area contributed by atoms with Gasteiger partial charge in [0.1, 0.15) is 28.4 Å². The number of esters is 3. The summed E-state index contributed by atoms with van der Waals surface area (Å²) in [5, 5.41) is 20.6. The zero-order chi connectivity index (χ0) is 22.6. The maximum absolute atomic E-state index is 13.2. The van der Waals surface area contributed by atoms with E-state index in [-0.39, 0.29) is 11.3 Å². The van der Waals surface area contributed by atoms with Crippen LogP contribution in [0.15, 0.2) is 24.3 Å². The lowest BCUT2D eigenvalue weighted by molar-refractivity contribution is 0.0546. The Hall–Kier alpha value is -4.08. The average Bonchev–Trinajstić information content (AvgIpc) is 2.76. The summed E-state index contributed by atoms with van der Waals surface area (Å²) in [6, 6.07) is 4.63. The molecule has 0 unspecified atom stereocenters. The van der Waals surface area contributed by atoms with Crippen molar-refractivity contribution in [1.29, 1.82) is 0 Å². The lowest BCUT2D eigenvalue weighted by Crippen LogP contribution is -2.20. The number of ether oxygens (including phenoxy) is 4. The number of hydrogen-bond donors (Lipinski definition) is 2. The van der Waals surface area contributed by atoms with Crippen LogP contribution < -0.4 is 4.74 Å². The largest absolute Gasteiger partial charge is 0.507 e. The molecule has 2 aromatic carbocycles. The number of carbonyl (C=O) groups excluding carboxylic acids is 4. The van der Waals surface area contributed by atoms with Crippen LogP contribution in [0.3, 0.4) is 0 Å². The molecule has 2 aromatic rings. The van der Waals surface area contributed by atoms with Crippen LogP contribution in [0.4, 0.5) is 0 Å². The van der Waals surface area contributed by atoms with Crippen molar-refractivity contribution >= 4 is 23.7 Å². The van der Waals surface area contributed by atoms with Gasteiger partial charge >= 0.3 is 17.9 Å². The van der Waals surface area contributed by atoms with Gasteiger partial charge in [0.2, 0.25) is 0 Å². The molecule has 30 heavy (non-hydrogen) atoms. The molecule has 10 nitrogen and oxygen atoms in total. The van der Waals surface area contributed by atoms with E-state index in [1.165, 1.54) is 19.2 Å². The predicted molar refractivity (Wildman–Crippen MR) is 100 cm³/mol. The van der Waals surface area contributed by atoms with Gasteiger partial charge in [-0.25, -0.2) is 14.4 Å². The third kappa shape index (κ3) is 3.88. The molecule has 0 aliphatic heterocycles. The van der Waals surface area contributed by atoms with Gasteiger partial charge in [0.05, 0.1) is 39.6 Å². The van der Waals surface area contributed by atoms with Gasteiger partial charge < -0.3 is 29.2 Å². The molecule has 0 amide bonds. The first kappa shape index (κ1) is 22.2. The summed E-state index contributed by atoms with van der Waals surface area (Å²) in [6.45, 7) is 0. The topological polar surface area (TPSA) is 146 Å². The van der Waals surface area contributed by atoms with Crippen molar-refractivity contribution in [2.45, 2.75) is 0 Å². The monoisotopic (exact) mass is 418 g/mol. The van der Waals surface area contributed by atoms with Crippen LogP contribution in [0, 0.1) is 0 Å². The maximum atomic E-state index is 13.2. The summed E-state index contributed by atoms with van der Waals surface area (Å²) < 4.78 is 18.7. The summed E-state index contributed by atoms with van der Waals surface area (Å²) in [5.41, 5.74) is -2.74. The number of benzene rings is 2. The SMILES string of the molecule is COC(=O)c1cc(C(=O)c2ccc(OC)cc2O)c(C(=O)OC)c(C(=O)OC)c1O. The summed E-state index contributed by atoms with van der Waals surface area (Å²) in [5.74, 6) is -5.53. The smallest absolute Gasteiger partial charge is 0.342 e. The number of carbonyl (C=O) groups is 4. The molecular weight excluding hydrogens is 400 g/mol. The minimum Gasteiger partial charge on any atom is -0.507 e. The average molecular weight is 418 g/mol. The molecule has 0 aliphatic carbocycles. The Morgan fingerprint density at radius 3 is 1.77 bits per heavy atom. The Kier molecular flexibility index (Phi) is 6.62. The van der Waals surface area contributed by atoms with Crippen LogP contribution in [0.2, 0.25) is 0 Å². The molecule has 2 rings (SSSR count). The van der Waals surface area contributed by atoms with Crippen molar-refractivity contribution in [3.05, 3.63) is 52.1 Å². The number of hydrogen-bond acceptors (Lipinski definition) is 10. The van der Waals surface area contributed by atoms with E-state index >= 15 is 0 Å². The second-order valence-electron chi connectivity index (χ2n) is 5.76. The van der Waals surface area contributed by atoms with Gasteiger partial charge in [-0.15, -0.1) is 0 Å². The fourth-order valence-corrected chi connectivity index (χ4v) is 2.71. The maximum Gasteiger partial charge on any atom is 0.342 e. The van der Waals surface area contributed by atoms with Gasteiger partial charge in [0.25, 0.3) is 0 Å². The second kappa shape index (κ2) is 8.95. The van der Waals surface area contributed by atoms with Crippen LogP contribution in [0.25, 0.3) is 0 Å². The minimum absolute atomic E-state index is 0.258. The summed E-state index contributed by atoms with van der Waals surface area (Å²) in [4.78, 5) is 49.9. The predicted octanol–water partition coefficient (Wildman–Crippen LogP) is 1.70. The molecule has 0 aliphatic rings. The molecule has 0 fully saturated rings. The standard InChI is InChI=1S/C20H18O10/c1-27-9-5-6-10(13(21)7-9)16(22)11-8-12(18(24)28-2)17(23)15(20(26)30-4)14(11)19(25)29-3/h5-8,21,23H,1-4H3. The molecule has 0 atom stereocenters. The van der Waals surface area contributed by atoms with E-state index in [4.69, 9.17) is 4.74 Å². The number of phenols is 2. The van der Waals surface area contributed by atoms with Gasteiger partial charge in [0, 0.05) is 11.6 Å². The highest BCUT2D eigenvalue weighted by Gasteiger charge is 2.34. The molecule has 0 aromatic heterocycles. The van der Waals surface area contributed by atoms with Gasteiger partial charge in [-0.2, -0.15) is 0 Å². The number of phenolic OH excluding ortho intramolecular Hbond substituents is 2. The van der Waals surface area contributed by atoms with E-state index < -0.39 is 57.4 Å². The molecule has 0 radical (unpaired) electrons. The first-order chi connectivity index (χ1) is 14.2. The quantitative estimate of drug-likeness (QED) is 0.404. The second-order valence-corrected chi connectivity index (χ2v) is 5.76. The number of ketones is 1. The molecular formula is C20H18O10. The van der Waals surface area contributed by atoms with Gasteiger partial charge in [-0.3, -0.25) is 4.79 Å². The highest BCUT2D eigenvalue weighted by Crippen LogP contribution is 2.34. The van der Waals surface area contributed by atoms with Crippen molar-refractivity contribution in [3.63, 3.8) is 0 Å². The Balaban J connectivity index is 2.91. The summed E-state index contributed by atoms with van der Waals surface area (Å²) in [6.07, 6.45) is 0. The third-order valence-corrected chi connectivity index (χ3v) is 4.18. The third-order valence-electron chi connectivity index (χ3n) is 4.18. The van der Waals surface area contributed by atoms with Crippen molar-refractivity contribution in [2.24, 2.45) is 0 Å². The van der Waals surface area contributed by atoms with Crippen LogP contribution in [0.5, 0.6) is 17.2 Å². The highest BCUT2D eigenvalue weighted by molar-refractivity contribution is 6.20. The fourth-order valence-electron chi connectivity index (χ4n) is 2.71. The van der Waals surface area contributed by atoms with Crippen molar-refractivity contribution in [1.82, 2.24) is 0 Å². The Morgan fingerprint density at radius 1 is 0.700 bits per heavy atom. The Morgan fingerprint density at radius 2 is 1.27 bits per heavy atom. The molecule has 10 heteroatoms. The van der Waals surface area contributed by atoms with E-state index in [9.17, 15) is 29.4 Å². The highest BCUT2D eigenvalue weighted by atomic mass is 16.5. The van der Waals surface area contributed by atoms with Gasteiger partial charge in [-0.1, -0.05) is 0 Å². The molecule has 0 saturated heterocycles. The number of methoxy groups -OCH3 is 4. The van der Waals surface area contributed by atoms with E-state index in [2.05, 4.69) is 14.2 Å². The van der Waals surface area contributed by atoms with E-state index in [0.717, 1.165) is 33.5 Å². The molecule has 2 N–H and O–H groups in total. The van der Waals surface area contributed by atoms with Crippen molar-refractivity contribution < 1.29 is 48.3 Å². The van der Waals surface area contributed by atoms with Gasteiger partial charge in [-0.05, 0) is 18.2 Å². The number of aromatic hydroxyl groups is 2. The fraction of sp³-hybridized carbons (Fsp3) is 0.200. The van der Waals surface area contributed by atoms with Crippen molar-refractivity contribution in [2.75, 3.05) is 28.4 Å². The van der Waals surface area contributed by atoms with E-state index in [0.29, 0.717) is 0 Å². The Bertz CT molecular complexity index is 1040.